The van der Waals surface area contributed by atoms with Gasteiger partial charge in [-0.05, 0) is 43.0 Å². The Balaban J connectivity index is 2.06. The summed E-state index contributed by atoms with van der Waals surface area (Å²) in [6, 6.07) is 6.45. The van der Waals surface area contributed by atoms with Gasteiger partial charge < -0.3 is 10.2 Å². The first-order chi connectivity index (χ1) is 7.66. The van der Waals surface area contributed by atoms with Gasteiger partial charge in [0.2, 0.25) is 0 Å². The molecule has 1 aromatic rings. The number of aromatic hydroxyl groups is 1. The third-order valence-electron chi connectivity index (χ3n) is 2.53. The number of phenolic OH excluding ortho intramolecular Hbond substituents is 1. The van der Waals surface area contributed by atoms with E-state index in [0.717, 1.165) is 17.9 Å². The minimum Gasteiger partial charge on any atom is -0.508 e. The maximum absolute atomic E-state index is 11.0. The molecule has 0 saturated carbocycles. The Morgan fingerprint density at radius 1 is 1.50 bits per heavy atom. The summed E-state index contributed by atoms with van der Waals surface area (Å²) >= 11 is 1.39. The second-order valence-electron chi connectivity index (χ2n) is 3.73. The molecule has 1 aliphatic heterocycles. The lowest BCUT2D eigenvalue weighted by Crippen LogP contribution is -2.30. The van der Waals surface area contributed by atoms with Crippen LogP contribution in [0.4, 0.5) is 0 Å². The molecule has 0 aromatic heterocycles. The van der Waals surface area contributed by atoms with Crippen LogP contribution in [0.15, 0.2) is 29.2 Å². The molecular formula is C11H13NO3S. The molecule has 4 nitrogen and oxygen atoms in total. The van der Waals surface area contributed by atoms with Crippen LogP contribution in [0.5, 0.6) is 5.75 Å². The fourth-order valence-electron chi connectivity index (χ4n) is 1.77. The summed E-state index contributed by atoms with van der Waals surface area (Å²) in [6.45, 7) is 0.775. The van der Waals surface area contributed by atoms with Gasteiger partial charge in [0.15, 0.2) is 0 Å². The maximum atomic E-state index is 11.0. The SMILES string of the molecule is O=C(O)[C@@H]1CCCN1Sc1cccc(O)c1. The Labute approximate surface area is 98.0 Å². The topological polar surface area (TPSA) is 60.8 Å². The lowest BCUT2D eigenvalue weighted by atomic mass is 10.2. The van der Waals surface area contributed by atoms with Crippen molar-refractivity contribution in [2.45, 2.75) is 23.8 Å². The lowest BCUT2D eigenvalue weighted by Gasteiger charge is -2.19. The summed E-state index contributed by atoms with van der Waals surface area (Å²) in [6.07, 6.45) is 1.60. The van der Waals surface area contributed by atoms with Crippen LogP contribution in [-0.2, 0) is 4.79 Å². The summed E-state index contributed by atoms with van der Waals surface area (Å²) < 4.78 is 1.86. The number of hydrogen-bond donors (Lipinski definition) is 2. The molecule has 0 amide bonds. The van der Waals surface area contributed by atoms with E-state index in [2.05, 4.69) is 0 Å². The van der Waals surface area contributed by atoms with Crippen molar-refractivity contribution in [1.29, 1.82) is 0 Å². The van der Waals surface area contributed by atoms with E-state index in [4.69, 9.17) is 5.11 Å². The van der Waals surface area contributed by atoms with Crippen LogP contribution in [0.3, 0.4) is 0 Å². The van der Waals surface area contributed by atoms with E-state index >= 15 is 0 Å². The van der Waals surface area contributed by atoms with E-state index < -0.39 is 12.0 Å². The van der Waals surface area contributed by atoms with Crippen LogP contribution in [0, 0.1) is 0 Å². The van der Waals surface area contributed by atoms with Gasteiger partial charge in [0.1, 0.15) is 11.8 Å². The monoisotopic (exact) mass is 239 g/mol. The van der Waals surface area contributed by atoms with Crippen LogP contribution in [0.1, 0.15) is 12.8 Å². The largest absolute Gasteiger partial charge is 0.508 e. The Morgan fingerprint density at radius 3 is 3.00 bits per heavy atom. The minimum atomic E-state index is -0.773. The normalized spacial score (nSPS) is 21.1. The van der Waals surface area contributed by atoms with Crippen LogP contribution >= 0.6 is 11.9 Å². The molecule has 0 aliphatic carbocycles. The Bertz CT molecular complexity index is 397. The number of carboxylic acids is 1. The van der Waals surface area contributed by atoms with E-state index in [-0.39, 0.29) is 5.75 Å². The van der Waals surface area contributed by atoms with E-state index in [1.54, 1.807) is 18.2 Å². The molecule has 1 fully saturated rings. The minimum absolute atomic E-state index is 0.205. The second-order valence-corrected chi connectivity index (χ2v) is 4.85. The molecule has 5 heteroatoms. The number of hydrogen-bond acceptors (Lipinski definition) is 4. The lowest BCUT2D eigenvalue weighted by molar-refractivity contribution is -0.140. The number of nitrogens with zero attached hydrogens (tertiary/aromatic N) is 1. The number of carbonyl (C=O) groups is 1. The molecule has 1 aliphatic rings. The van der Waals surface area contributed by atoms with Crippen molar-refractivity contribution < 1.29 is 15.0 Å². The predicted molar refractivity (Wildman–Crippen MR) is 61.3 cm³/mol. The van der Waals surface area contributed by atoms with Crippen LogP contribution < -0.4 is 0 Å². The molecule has 1 saturated heterocycles. The van der Waals surface area contributed by atoms with Gasteiger partial charge in [0.25, 0.3) is 0 Å². The zero-order valence-corrected chi connectivity index (χ0v) is 9.48. The molecule has 1 atom stereocenters. The summed E-state index contributed by atoms with van der Waals surface area (Å²) in [4.78, 5) is 11.8. The summed E-state index contributed by atoms with van der Waals surface area (Å²) in [5, 5.41) is 18.3. The predicted octanol–water partition coefficient (Wildman–Crippen LogP) is 1.95. The fraction of sp³-hybridized carbons (Fsp3) is 0.364. The van der Waals surface area contributed by atoms with Gasteiger partial charge in [0, 0.05) is 11.4 Å². The van der Waals surface area contributed by atoms with Crippen molar-refractivity contribution in [2.75, 3.05) is 6.54 Å². The molecule has 0 radical (unpaired) electrons. The van der Waals surface area contributed by atoms with Crippen molar-refractivity contribution in [3.05, 3.63) is 24.3 Å². The van der Waals surface area contributed by atoms with E-state index in [1.807, 2.05) is 10.4 Å². The molecule has 1 heterocycles. The van der Waals surface area contributed by atoms with Crippen LogP contribution in [0.2, 0.25) is 0 Å². The van der Waals surface area contributed by atoms with E-state index in [9.17, 15) is 9.90 Å². The average Bonchev–Trinajstić information content (AvgIpc) is 2.66. The Hall–Kier alpha value is -1.20. The van der Waals surface area contributed by atoms with Gasteiger partial charge in [-0.3, -0.25) is 4.79 Å². The molecule has 0 unspecified atom stereocenters. The van der Waals surface area contributed by atoms with Gasteiger partial charge in [-0.2, -0.15) is 0 Å². The van der Waals surface area contributed by atoms with E-state index in [1.165, 1.54) is 11.9 Å². The van der Waals surface area contributed by atoms with Crippen molar-refractivity contribution in [3.8, 4) is 5.75 Å². The summed E-state index contributed by atoms with van der Waals surface area (Å²) in [5.74, 6) is -0.568. The van der Waals surface area contributed by atoms with Gasteiger partial charge in [-0.15, -0.1) is 0 Å². The number of aliphatic carboxylic acids is 1. The number of benzene rings is 1. The molecule has 2 N–H and O–H groups in total. The smallest absolute Gasteiger partial charge is 0.321 e. The highest BCUT2D eigenvalue weighted by Crippen LogP contribution is 2.32. The molecular weight excluding hydrogens is 226 g/mol. The standard InChI is InChI=1S/C11H13NO3S/c13-8-3-1-4-9(7-8)16-12-6-2-5-10(12)11(14)15/h1,3-4,7,10,13H,2,5-6H2,(H,14,15)/t10-/m0/s1. The second kappa shape index (κ2) is 4.76. The molecule has 2 rings (SSSR count). The summed E-state index contributed by atoms with van der Waals surface area (Å²) in [7, 11) is 0. The third-order valence-corrected chi connectivity index (χ3v) is 3.67. The van der Waals surface area contributed by atoms with Gasteiger partial charge in [-0.1, -0.05) is 6.07 Å². The van der Waals surface area contributed by atoms with Gasteiger partial charge in [-0.25, -0.2) is 4.31 Å². The van der Waals surface area contributed by atoms with Crippen LogP contribution in [0.25, 0.3) is 0 Å². The molecule has 0 bridgehead atoms. The van der Waals surface area contributed by atoms with Gasteiger partial charge in [0.05, 0.1) is 0 Å². The third kappa shape index (κ3) is 2.48. The molecule has 0 spiro atoms. The first kappa shape index (κ1) is 11.3. The average molecular weight is 239 g/mol. The highest BCUT2D eigenvalue weighted by Gasteiger charge is 2.31. The zero-order valence-electron chi connectivity index (χ0n) is 8.67. The highest BCUT2D eigenvalue weighted by atomic mass is 32.2. The maximum Gasteiger partial charge on any atom is 0.321 e. The first-order valence-corrected chi connectivity index (χ1v) is 5.90. The number of carboxylic acid groups (broad SMARTS) is 1. The van der Waals surface area contributed by atoms with Crippen molar-refractivity contribution in [3.63, 3.8) is 0 Å². The summed E-state index contributed by atoms with van der Waals surface area (Å²) in [5.41, 5.74) is 0. The zero-order chi connectivity index (χ0) is 11.5. The number of phenols is 1. The Kier molecular flexibility index (Phi) is 3.36. The molecule has 16 heavy (non-hydrogen) atoms. The fourth-order valence-corrected chi connectivity index (χ4v) is 2.90. The van der Waals surface area contributed by atoms with E-state index in [0.29, 0.717) is 6.42 Å². The quantitative estimate of drug-likeness (QED) is 0.789. The highest BCUT2D eigenvalue weighted by molar-refractivity contribution is 7.97. The Morgan fingerprint density at radius 2 is 2.31 bits per heavy atom. The van der Waals surface area contributed by atoms with Crippen molar-refractivity contribution in [2.24, 2.45) is 0 Å². The van der Waals surface area contributed by atoms with Crippen molar-refractivity contribution >= 4 is 17.9 Å². The molecule has 1 aromatic carbocycles. The van der Waals surface area contributed by atoms with Gasteiger partial charge >= 0.3 is 5.97 Å². The van der Waals surface area contributed by atoms with Crippen molar-refractivity contribution in [1.82, 2.24) is 4.31 Å². The molecule has 86 valence electrons. The number of rotatable bonds is 3. The first-order valence-electron chi connectivity index (χ1n) is 5.13. The van der Waals surface area contributed by atoms with Crippen LogP contribution in [-0.4, -0.2) is 33.1 Å².